The number of rotatable bonds is 6. The van der Waals surface area contributed by atoms with Crippen molar-refractivity contribution in [2.45, 2.75) is 0 Å². The second kappa shape index (κ2) is 9.57. The van der Waals surface area contributed by atoms with Gasteiger partial charge in [0.25, 0.3) is 17.5 Å². The van der Waals surface area contributed by atoms with Gasteiger partial charge in [0.15, 0.2) is 0 Å². The number of halogens is 1. The summed E-state index contributed by atoms with van der Waals surface area (Å²) < 4.78 is 0.886. The van der Waals surface area contributed by atoms with E-state index in [1.54, 1.807) is 24.3 Å². The molecule has 0 aliphatic rings. The molecular weight excluding hydrogens is 452 g/mol. The van der Waals surface area contributed by atoms with Crippen molar-refractivity contribution < 1.29 is 14.5 Å². The lowest BCUT2D eigenvalue weighted by Crippen LogP contribution is -2.21. The molecule has 0 heterocycles. The van der Waals surface area contributed by atoms with E-state index in [9.17, 15) is 19.7 Å². The summed E-state index contributed by atoms with van der Waals surface area (Å²) in [5.74, 6) is -0.997. The van der Waals surface area contributed by atoms with Crippen LogP contribution in [0, 0.1) is 10.1 Å². The first-order chi connectivity index (χ1) is 14.4. The number of para-hydroxylation sites is 1. The third-order valence-electron chi connectivity index (χ3n) is 3.99. The highest BCUT2D eigenvalue weighted by atomic mass is 79.9. The molecule has 0 fully saturated rings. The van der Waals surface area contributed by atoms with Crippen molar-refractivity contribution in [3.05, 3.63) is 104 Å². The molecule has 0 aliphatic carbocycles. The van der Waals surface area contributed by atoms with Gasteiger partial charge in [-0.05, 0) is 42.0 Å². The molecule has 3 aromatic rings. The number of nitro benzene ring substituents is 1. The number of nitro groups is 1. The van der Waals surface area contributed by atoms with Gasteiger partial charge in [0.2, 0.25) is 0 Å². The van der Waals surface area contributed by atoms with Crippen LogP contribution in [0.15, 0.2) is 82.4 Å². The molecule has 2 amide bonds. The number of hydrogen-bond donors (Lipinski definition) is 2. The van der Waals surface area contributed by atoms with Crippen LogP contribution in [0.5, 0.6) is 0 Å². The highest BCUT2D eigenvalue weighted by molar-refractivity contribution is 9.10. The molecule has 3 rings (SSSR count). The summed E-state index contributed by atoms with van der Waals surface area (Å²) in [6.45, 7) is 0. The number of hydrogen-bond acceptors (Lipinski definition) is 5. The number of nitrogens with zero attached hydrogens (tertiary/aromatic N) is 2. The average Bonchev–Trinajstić information content (AvgIpc) is 2.74. The third-order valence-corrected chi connectivity index (χ3v) is 4.48. The van der Waals surface area contributed by atoms with Crippen LogP contribution < -0.4 is 10.7 Å². The number of carbonyl (C=O) groups is 2. The van der Waals surface area contributed by atoms with E-state index in [-0.39, 0.29) is 22.5 Å². The molecule has 0 saturated carbocycles. The maximum Gasteiger partial charge on any atom is 0.273 e. The van der Waals surface area contributed by atoms with Gasteiger partial charge in [-0.2, -0.15) is 5.10 Å². The first kappa shape index (κ1) is 20.9. The summed E-state index contributed by atoms with van der Waals surface area (Å²) in [6.07, 6.45) is 1.50. The summed E-state index contributed by atoms with van der Waals surface area (Å²) in [5, 5.41) is 17.3. The lowest BCUT2D eigenvalue weighted by Gasteiger charge is -2.10. The van der Waals surface area contributed by atoms with Crippen LogP contribution in [0.2, 0.25) is 0 Å². The monoisotopic (exact) mass is 466 g/mol. The number of carbonyl (C=O) groups excluding carboxylic acids is 2. The van der Waals surface area contributed by atoms with Crippen LogP contribution in [0.3, 0.4) is 0 Å². The van der Waals surface area contributed by atoms with Crippen LogP contribution in [0.4, 0.5) is 11.4 Å². The molecule has 9 heteroatoms. The highest BCUT2D eigenvalue weighted by Crippen LogP contribution is 2.18. The molecule has 0 bridgehead atoms. The average molecular weight is 467 g/mol. The molecule has 150 valence electrons. The summed E-state index contributed by atoms with van der Waals surface area (Å²) in [6, 6.07) is 19.0. The number of benzene rings is 3. The van der Waals surface area contributed by atoms with Crippen molar-refractivity contribution >= 4 is 45.3 Å². The second-order valence-corrected chi connectivity index (χ2v) is 6.97. The minimum absolute atomic E-state index is 0.116. The molecule has 0 saturated heterocycles. The molecule has 0 spiro atoms. The summed E-state index contributed by atoms with van der Waals surface area (Å²) in [4.78, 5) is 35.1. The zero-order valence-electron chi connectivity index (χ0n) is 15.4. The van der Waals surface area contributed by atoms with Crippen molar-refractivity contribution in [3.63, 3.8) is 0 Å². The van der Waals surface area contributed by atoms with E-state index >= 15 is 0 Å². The summed E-state index contributed by atoms with van der Waals surface area (Å²) >= 11 is 3.36. The van der Waals surface area contributed by atoms with Crippen LogP contribution >= 0.6 is 15.9 Å². The summed E-state index contributed by atoms with van der Waals surface area (Å²) in [7, 11) is 0. The number of nitrogens with one attached hydrogen (secondary N) is 2. The zero-order chi connectivity index (χ0) is 21.5. The topological polar surface area (TPSA) is 114 Å². The molecular formula is C21H15BrN4O4. The molecule has 8 nitrogen and oxygen atoms in total. The number of anilines is 1. The molecule has 0 aromatic heterocycles. The van der Waals surface area contributed by atoms with Crippen molar-refractivity contribution in [2.24, 2.45) is 5.10 Å². The quantitative estimate of drug-likeness (QED) is 0.318. The Balaban J connectivity index is 1.71. The van der Waals surface area contributed by atoms with Gasteiger partial charge in [-0.15, -0.1) is 0 Å². The fourth-order valence-corrected chi connectivity index (χ4v) is 2.95. The van der Waals surface area contributed by atoms with Crippen LogP contribution in [0.1, 0.15) is 26.3 Å². The van der Waals surface area contributed by atoms with E-state index in [4.69, 9.17) is 0 Å². The highest BCUT2D eigenvalue weighted by Gasteiger charge is 2.14. The Morgan fingerprint density at radius 2 is 1.70 bits per heavy atom. The van der Waals surface area contributed by atoms with E-state index in [1.165, 1.54) is 30.5 Å². The smallest absolute Gasteiger partial charge is 0.273 e. The van der Waals surface area contributed by atoms with Crippen molar-refractivity contribution in [2.75, 3.05) is 5.32 Å². The first-order valence-corrected chi connectivity index (χ1v) is 9.47. The number of amides is 2. The Morgan fingerprint density at radius 3 is 2.40 bits per heavy atom. The largest absolute Gasteiger partial charge is 0.321 e. The van der Waals surface area contributed by atoms with E-state index < -0.39 is 16.7 Å². The van der Waals surface area contributed by atoms with Gasteiger partial charge in [0.05, 0.1) is 22.4 Å². The Hall–Kier alpha value is -3.85. The Labute approximate surface area is 179 Å². The molecule has 3 aromatic carbocycles. The number of hydrazone groups is 1. The molecule has 0 unspecified atom stereocenters. The minimum Gasteiger partial charge on any atom is -0.321 e. The fourth-order valence-electron chi connectivity index (χ4n) is 2.53. The normalized spacial score (nSPS) is 10.6. The third kappa shape index (κ3) is 5.36. The van der Waals surface area contributed by atoms with Gasteiger partial charge in [-0.25, -0.2) is 5.43 Å². The fraction of sp³-hybridized carbons (Fsp3) is 0. The van der Waals surface area contributed by atoms with Crippen LogP contribution in [-0.4, -0.2) is 23.0 Å². The molecule has 2 N–H and O–H groups in total. The SMILES string of the molecule is O=C(Nc1ccccc1C(=O)N/N=C\c1cccc(Br)c1)c1ccc([N+](=O)[O-])cc1. The van der Waals surface area contributed by atoms with Crippen LogP contribution in [0.25, 0.3) is 0 Å². The molecule has 0 radical (unpaired) electrons. The molecule has 0 aliphatic heterocycles. The predicted molar refractivity (Wildman–Crippen MR) is 117 cm³/mol. The number of non-ortho nitro benzene ring substituents is 1. The maximum atomic E-state index is 12.5. The lowest BCUT2D eigenvalue weighted by molar-refractivity contribution is -0.384. The van der Waals surface area contributed by atoms with E-state index in [1.807, 2.05) is 24.3 Å². The zero-order valence-corrected chi connectivity index (χ0v) is 17.0. The predicted octanol–water partition coefficient (Wildman–Crippen LogP) is 4.37. The van der Waals surface area contributed by atoms with Crippen molar-refractivity contribution in [1.82, 2.24) is 5.43 Å². The Bertz CT molecular complexity index is 1130. The van der Waals surface area contributed by atoms with E-state index in [0.717, 1.165) is 10.0 Å². The van der Waals surface area contributed by atoms with Gasteiger partial charge < -0.3 is 5.32 Å². The first-order valence-electron chi connectivity index (χ1n) is 8.68. The van der Waals surface area contributed by atoms with Crippen molar-refractivity contribution in [1.29, 1.82) is 0 Å². The molecule has 30 heavy (non-hydrogen) atoms. The lowest BCUT2D eigenvalue weighted by atomic mass is 10.1. The minimum atomic E-state index is -0.546. The van der Waals surface area contributed by atoms with Gasteiger partial charge in [0, 0.05) is 22.2 Å². The second-order valence-electron chi connectivity index (χ2n) is 6.06. The molecule has 0 atom stereocenters. The summed E-state index contributed by atoms with van der Waals surface area (Å²) in [5.41, 5.74) is 3.84. The van der Waals surface area contributed by atoms with E-state index in [0.29, 0.717) is 0 Å². The maximum absolute atomic E-state index is 12.5. The van der Waals surface area contributed by atoms with Gasteiger partial charge in [-0.3, -0.25) is 19.7 Å². The van der Waals surface area contributed by atoms with Crippen molar-refractivity contribution in [3.8, 4) is 0 Å². The Morgan fingerprint density at radius 1 is 0.967 bits per heavy atom. The van der Waals surface area contributed by atoms with Gasteiger partial charge in [0.1, 0.15) is 0 Å². The van der Waals surface area contributed by atoms with E-state index in [2.05, 4.69) is 31.8 Å². The van der Waals surface area contributed by atoms with Gasteiger partial charge in [-0.1, -0.05) is 40.2 Å². The Kier molecular flexibility index (Phi) is 6.66. The standard InChI is InChI=1S/C21H15BrN4O4/c22-16-5-3-4-14(12-16)13-23-25-21(28)18-6-1-2-7-19(18)24-20(27)15-8-10-17(11-9-15)26(29)30/h1-13H,(H,24,27)(H,25,28)/b23-13-. The van der Waals surface area contributed by atoms with Gasteiger partial charge >= 0.3 is 0 Å². The van der Waals surface area contributed by atoms with Crippen LogP contribution in [-0.2, 0) is 0 Å².